The monoisotopic (exact) mass is 369 g/mol. The minimum Gasteiger partial charge on any atom is -0.493 e. The molecule has 0 aliphatic rings. The molecule has 0 fully saturated rings. The van der Waals surface area contributed by atoms with E-state index in [-0.39, 0.29) is 6.04 Å². The van der Waals surface area contributed by atoms with Crippen LogP contribution in [-0.4, -0.2) is 21.3 Å². The first-order valence-corrected chi connectivity index (χ1v) is 8.34. The number of halogens is 1. The van der Waals surface area contributed by atoms with Gasteiger partial charge in [-0.05, 0) is 65.6 Å². The van der Waals surface area contributed by atoms with Gasteiger partial charge in [-0.15, -0.1) is 11.3 Å². The third kappa shape index (κ3) is 3.78. The molecule has 0 saturated carbocycles. The zero-order valence-corrected chi connectivity index (χ0v) is 15.1. The number of benzene rings is 1. The van der Waals surface area contributed by atoms with Crippen LogP contribution in [0.4, 0.5) is 0 Å². The molecule has 1 heterocycles. The second-order valence-electron chi connectivity index (χ2n) is 4.80. The molecule has 0 aliphatic carbocycles. The number of rotatable bonds is 6. The van der Waals surface area contributed by atoms with Crippen molar-refractivity contribution in [1.82, 2.24) is 5.32 Å². The van der Waals surface area contributed by atoms with Crippen molar-refractivity contribution in [3.63, 3.8) is 0 Å². The molecule has 1 atom stereocenters. The molecular weight excluding hydrogens is 350 g/mol. The van der Waals surface area contributed by atoms with Gasteiger partial charge in [-0.25, -0.2) is 0 Å². The van der Waals surface area contributed by atoms with Crippen molar-refractivity contribution in [2.24, 2.45) is 0 Å². The fourth-order valence-corrected chi connectivity index (χ4v) is 4.19. The Kier molecular flexibility index (Phi) is 5.67. The van der Waals surface area contributed by atoms with E-state index in [2.05, 4.69) is 40.3 Å². The molecule has 0 aliphatic heterocycles. The Morgan fingerprint density at radius 2 is 1.90 bits per heavy atom. The fraction of sp³-hybridized carbons (Fsp3) is 0.375. The van der Waals surface area contributed by atoms with Crippen molar-refractivity contribution in [3.05, 3.63) is 44.1 Å². The number of ether oxygens (including phenoxy) is 2. The lowest BCUT2D eigenvalue weighted by molar-refractivity contribution is 0.354. The number of hydrogen-bond donors (Lipinski definition) is 1. The average Bonchev–Trinajstić information content (AvgIpc) is 2.83. The van der Waals surface area contributed by atoms with E-state index in [4.69, 9.17) is 9.47 Å². The third-order valence-electron chi connectivity index (χ3n) is 3.54. The van der Waals surface area contributed by atoms with Crippen LogP contribution in [0, 0.1) is 6.92 Å². The number of hydrogen-bond acceptors (Lipinski definition) is 4. The summed E-state index contributed by atoms with van der Waals surface area (Å²) in [6, 6.07) is 8.56. The minimum atomic E-state index is 0.283. The van der Waals surface area contributed by atoms with Gasteiger partial charge in [0.15, 0.2) is 11.5 Å². The topological polar surface area (TPSA) is 30.5 Å². The Morgan fingerprint density at radius 3 is 2.43 bits per heavy atom. The van der Waals surface area contributed by atoms with Crippen LogP contribution in [0.25, 0.3) is 0 Å². The lowest BCUT2D eigenvalue weighted by Gasteiger charge is -2.17. The fourth-order valence-electron chi connectivity index (χ4n) is 2.42. The first kappa shape index (κ1) is 16.3. The highest BCUT2D eigenvalue weighted by molar-refractivity contribution is 9.11. The molecule has 0 radical (unpaired) electrons. The van der Waals surface area contributed by atoms with E-state index >= 15 is 0 Å². The van der Waals surface area contributed by atoms with Crippen molar-refractivity contribution in [2.45, 2.75) is 19.4 Å². The number of methoxy groups -OCH3 is 2. The molecule has 1 unspecified atom stereocenters. The van der Waals surface area contributed by atoms with Gasteiger partial charge in [-0.2, -0.15) is 0 Å². The summed E-state index contributed by atoms with van der Waals surface area (Å²) in [5, 5.41) is 3.40. The number of likely N-dealkylation sites (N-methyl/N-ethyl adjacent to an activating group) is 1. The van der Waals surface area contributed by atoms with Crippen LogP contribution < -0.4 is 14.8 Å². The van der Waals surface area contributed by atoms with E-state index in [1.807, 2.05) is 19.2 Å². The van der Waals surface area contributed by atoms with Crippen molar-refractivity contribution in [3.8, 4) is 11.5 Å². The van der Waals surface area contributed by atoms with Crippen LogP contribution in [0.3, 0.4) is 0 Å². The van der Waals surface area contributed by atoms with Crippen LogP contribution in [0.2, 0.25) is 0 Å². The van der Waals surface area contributed by atoms with E-state index in [0.717, 1.165) is 17.9 Å². The average molecular weight is 370 g/mol. The predicted octanol–water partition coefficient (Wildman–Crippen LogP) is 4.34. The second-order valence-corrected chi connectivity index (χ2v) is 7.43. The molecule has 114 valence electrons. The Bertz CT molecular complexity index is 612. The molecule has 0 amide bonds. The van der Waals surface area contributed by atoms with Crippen molar-refractivity contribution < 1.29 is 9.47 Å². The number of thiophene rings is 1. The summed E-state index contributed by atoms with van der Waals surface area (Å²) in [5.41, 5.74) is 2.55. The lowest BCUT2D eigenvalue weighted by Crippen LogP contribution is -2.19. The molecule has 0 bridgehead atoms. The third-order valence-corrected chi connectivity index (χ3v) is 5.11. The van der Waals surface area contributed by atoms with E-state index in [0.29, 0.717) is 0 Å². The van der Waals surface area contributed by atoms with Crippen LogP contribution in [0.1, 0.15) is 22.0 Å². The molecule has 5 heteroatoms. The Balaban J connectivity index is 2.24. The van der Waals surface area contributed by atoms with Gasteiger partial charge < -0.3 is 14.8 Å². The number of aryl methyl sites for hydroxylation is 1. The summed E-state index contributed by atoms with van der Waals surface area (Å²) < 4.78 is 11.8. The Labute approximate surface area is 138 Å². The van der Waals surface area contributed by atoms with Gasteiger partial charge in [0.25, 0.3) is 0 Å². The molecule has 3 nitrogen and oxygen atoms in total. The molecule has 1 N–H and O–H groups in total. The zero-order chi connectivity index (χ0) is 15.4. The zero-order valence-electron chi connectivity index (χ0n) is 12.7. The first-order valence-electron chi connectivity index (χ1n) is 6.73. The molecule has 0 spiro atoms. The minimum absolute atomic E-state index is 0.283. The number of nitrogens with one attached hydrogen (secondary N) is 1. The maximum atomic E-state index is 5.37. The van der Waals surface area contributed by atoms with Gasteiger partial charge in [0.2, 0.25) is 0 Å². The smallest absolute Gasteiger partial charge is 0.160 e. The highest BCUT2D eigenvalue weighted by Gasteiger charge is 2.16. The van der Waals surface area contributed by atoms with Crippen molar-refractivity contribution in [2.75, 3.05) is 21.3 Å². The largest absolute Gasteiger partial charge is 0.493 e. The summed E-state index contributed by atoms with van der Waals surface area (Å²) in [4.78, 5) is 1.33. The van der Waals surface area contributed by atoms with Gasteiger partial charge in [0, 0.05) is 10.9 Å². The maximum Gasteiger partial charge on any atom is 0.160 e. The van der Waals surface area contributed by atoms with Gasteiger partial charge >= 0.3 is 0 Å². The molecule has 1 aromatic heterocycles. The summed E-state index contributed by atoms with van der Waals surface area (Å²) in [5.74, 6) is 1.53. The molecule has 2 rings (SSSR count). The SMILES string of the molecule is CNC(Cc1ccc(OC)c(OC)c1)c1cc(Br)sc1C. The van der Waals surface area contributed by atoms with E-state index in [9.17, 15) is 0 Å². The highest BCUT2D eigenvalue weighted by Crippen LogP contribution is 2.33. The normalized spacial score (nSPS) is 12.2. The second kappa shape index (κ2) is 7.29. The summed E-state index contributed by atoms with van der Waals surface area (Å²) in [6.45, 7) is 2.16. The lowest BCUT2D eigenvalue weighted by atomic mass is 9.99. The van der Waals surface area contributed by atoms with Gasteiger partial charge in [-0.1, -0.05) is 6.07 Å². The summed E-state index contributed by atoms with van der Waals surface area (Å²) in [7, 11) is 5.31. The highest BCUT2D eigenvalue weighted by atomic mass is 79.9. The van der Waals surface area contributed by atoms with Crippen molar-refractivity contribution >= 4 is 27.3 Å². The van der Waals surface area contributed by atoms with Gasteiger partial charge in [-0.3, -0.25) is 0 Å². The Morgan fingerprint density at radius 1 is 1.19 bits per heavy atom. The quantitative estimate of drug-likeness (QED) is 0.821. The van der Waals surface area contributed by atoms with E-state index in [1.54, 1.807) is 25.6 Å². The van der Waals surface area contributed by atoms with Gasteiger partial charge in [0.1, 0.15) is 0 Å². The van der Waals surface area contributed by atoms with E-state index < -0.39 is 0 Å². The van der Waals surface area contributed by atoms with Gasteiger partial charge in [0.05, 0.1) is 18.0 Å². The van der Waals surface area contributed by atoms with Crippen LogP contribution >= 0.6 is 27.3 Å². The van der Waals surface area contributed by atoms with Crippen LogP contribution in [0.5, 0.6) is 11.5 Å². The molecule has 1 aromatic carbocycles. The van der Waals surface area contributed by atoms with Crippen LogP contribution in [0.15, 0.2) is 28.1 Å². The van der Waals surface area contributed by atoms with Crippen molar-refractivity contribution in [1.29, 1.82) is 0 Å². The predicted molar refractivity (Wildman–Crippen MR) is 91.8 cm³/mol. The maximum absolute atomic E-state index is 5.37. The summed E-state index contributed by atoms with van der Waals surface area (Å²) in [6.07, 6.45) is 0.904. The molecular formula is C16H20BrNO2S. The molecule has 0 saturated heterocycles. The molecule has 2 aromatic rings. The standard InChI is InChI=1S/C16H20BrNO2S/c1-10-12(9-16(17)21-10)13(18-2)7-11-5-6-14(19-3)15(8-11)20-4/h5-6,8-9,13,18H,7H2,1-4H3. The molecule has 21 heavy (non-hydrogen) atoms. The first-order chi connectivity index (χ1) is 10.1. The van der Waals surface area contributed by atoms with E-state index in [1.165, 1.54) is 19.8 Å². The summed E-state index contributed by atoms with van der Waals surface area (Å²) >= 11 is 5.33. The Hall–Kier alpha value is -1.04. The van der Waals surface area contributed by atoms with Crippen LogP contribution in [-0.2, 0) is 6.42 Å².